The first-order chi connectivity index (χ1) is 10.3. The summed E-state index contributed by atoms with van der Waals surface area (Å²) < 4.78 is 12.4. The standard InChI is InChI=1S/C16H15NO3S/c18-16-12-8-14(20-9-10-4-3-7-19-10)21-15(12)11-5-1-2-6-13(11)17-16/h1-2,5-6,8,10H,3-4,7,9H2,(H,17,18). The van der Waals surface area contributed by atoms with Crippen molar-refractivity contribution in [1.29, 1.82) is 0 Å². The largest absolute Gasteiger partial charge is 0.481 e. The smallest absolute Gasteiger partial charge is 0.257 e. The molecule has 0 radical (unpaired) electrons. The van der Waals surface area contributed by atoms with Crippen LogP contribution in [-0.2, 0) is 4.74 Å². The number of rotatable bonds is 3. The van der Waals surface area contributed by atoms with E-state index < -0.39 is 0 Å². The molecule has 4 nitrogen and oxygen atoms in total. The Balaban J connectivity index is 1.73. The van der Waals surface area contributed by atoms with Crippen LogP contribution in [0.3, 0.4) is 0 Å². The average molecular weight is 301 g/mol. The van der Waals surface area contributed by atoms with E-state index in [1.807, 2.05) is 30.3 Å². The third kappa shape index (κ3) is 2.32. The first-order valence-corrected chi connectivity index (χ1v) is 7.92. The number of pyridine rings is 1. The maximum absolute atomic E-state index is 12.1. The van der Waals surface area contributed by atoms with Gasteiger partial charge in [0.1, 0.15) is 6.61 Å². The van der Waals surface area contributed by atoms with E-state index in [9.17, 15) is 4.79 Å². The summed E-state index contributed by atoms with van der Waals surface area (Å²) in [4.78, 5) is 15.1. The van der Waals surface area contributed by atoms with E-state index in [0.717, 1.165) is 40.1 Å². The van der Waals surface area contributed by atoms with Gasteiger partial charge in [0.25, 0.3) is 5.56 Å². The highest BCUT2D eigenvalue weighted by molar-refractivity contribution is 7.21. The summed E-state index contributed by atoms with van der Waals surface area (Å²) in [7, 11) is 0. The lowest BCUT2D eigenvalue weighted by Gasteiger charge is -2.09. The normalized spacial score (nSPS) is 18.6. The average Bonchev–Trinajstić information content (AvgIpc) is 3.15. The summed E-state index contributed by atoms with van der Waals surface area (Å²) in [5.74, 6) is 0. The lowest BCUT2D eigenvalue weighted by atomic mass is 10.2. The molecule has 1 saturated heterocycles. The zero-order chi connectivity index (χ0) is 14.2. The highest BCUT2D eigenvalue weighted by Gasteiger charge is 2.17. The van der Waals surface area contributed by atoms with Crippen LogP contribution >= 0.6 is 11.3 Å². The van der Waals surface area contributed by atoms with Gasteiger partial charge in [-0.05, 0) is 18.9 Å². The fourth-order valence-corrected chi connectivity index (χ4v) is 3.79. The number of hydrogen-bond acceptors (Lipinski definition) is 4. The maximum Gasteiger partial charge on any atom is 0.257 e. The second kappa shape index (κ2) is 5.16. The zero-order valence-corrected chi connectivity index (χ0v) is 12.2. The summed E-state index contributed by atoms with van der Waals surface area (Å²) in [6.07, 6.45) is 2.34. The summed E-state index contributed by atoms with van der Waals surface area (Å²) >= 11 is 1.53. The molecule has 3 aromatic rings. The maximum atomic E-state index is 12.1. The Morgan fingerprint density at radius 3 is 3.10 bits per heavy atom. The number of hydrogen-bond donors (Lipinski definition) is 1. The molecule has 1 fully saturated rings. The minimum absolute atomic E-state index is 0.0630. The second-order valence-electron chi connectivity index (χ2n) is 5.25. The van der Waals surface area contributed by atoms with E-state index in [2.05, 4.69) is 4.98 Å². The zero-order valence-electron chi connectivity index (χ0n) is 11.4. The number of benzene rings is 1. The first kappa shape index (κ1) is 12.9. The van der Waals surface area contributed by atoms with Crippen molar-refractivity contribution in [3.05, 3.63) is 40.7 Å². The predicted octanol–water partition coefficient (Wildman–Crippen LogP) is 3.30. The topological polar surface area (TPSA) is 51.3 Å². The van der Waals surface area contributed by atoms with Gasteiger partial charge in [0, 0.05) is 23.6 Å². The Morgan fingerprint density at radius 2 is 2.24 bits per heavy atom. The highest BCUT2D eigenvalue weighted by Crippen LogP contribution is 2.34. The number of fused-ring (bicyclic) bond motifs is 3. The molecule has 1 aliphatic heterocycles. The van der Waals surface area contributed by atoms with Gasteiger partial charge in [0.15, 0.2) is 5.06 Å². The molecule has 0 aliphatic carbocycles. The molecule has 1 N–H and O–H groups in total. The molecule has 108 valence electrons. The molecule has 5 heteroatoms. The van der Waals surface area contributed by atoms with Crippen LogP contribution in [0.5, 0.6) is 5.06 Å². The number of ether oxygens (including phenoxy) is 2. The minimum Gasteiger partial charge on any atom is -0.481 e. The molecule has 1 aliphatic rings. The number of H-pyrrole nitrogens is 1. The van der Waals surface area contributed by atoms with Crippen molar-refractivity contribution in [1.82, 2.24) is 4.98 Å². The van der Waals surface area contributed by atoms with Crippen LogP contribution in [0, 0.1) is 0 Å². The van der Waals surface area contributed by atoms with E-state index >= 15 is 0 Å². The molecular weight excluding hydrogens is 286 g/mol. The summed E-state index contributed by atoms with van der Waals surface area (Å²) in [6.45, 7) is 1.38. The molecule has 0 amide bonds. The minimum atomic E-state index is -0.0630. The van der Waals surface area contributed by atoms with Crippen LogP contribution in [0.2, 0.25) is 0 Å². The van der Waals surface area contributed by atoms with Gasteiger partial charge >= 0.3 is 0 Å². The van der Waals surface area contributed by atoms with Crippen LogP contribution in [0.25, 0.3) is 21.0 Å². The highest BCUT2D eigenvalue weighted by atomic mass is 32.1. The van der Waals surface area contributed by atoms with Gasteiger partial charge in [-0.2, -0.15) is 0 Å². The van der Waals surface area contributed by atoms with E-state index in [1.54, 1.807) is 0 Å². The summed E-state index contributed by atoms with van der Waals surface area (Å²) in [5.41, 5.74) is 0.800. The third-order valence-electron chi connectivity index (χ3n) is 3.81. The van der Waals surface area contributed by atoms with Crippen molar-refractivity contribution < 1.29 is 9.47 Å². The van der Waals surface area contributed by atoms with E-state index in [-0.39, 0.29) is 11.7 Å². The number of thiophene rings is 1. The van der Waals surface area contributed by atoms with Crippen LogP contribution in [0.15, 0.2) is 35.1 Å². The van der Waals surface area contributed by atoms with Crippen molar-refractivity contribution in [2.45, 2.75) is 18.9 Å². The van der Waals surface area contributed by atoms with Gasteiger partial charge in [-0.15, -0.1) is 0 Å². The second-order valence-corrected chi connectivity index (χ2v) is 6.27. The van der Waals surface area contributed by atoms with Gasteiger partial charge < -0.3 is 14.5 Å². The number of aromatic nitrogens is 1. The van der Waals surface area contributed by atoms with Crippen molar-refractivity contribution in [3.63, 3.8) is 0 Å². The fraction of sp³-hybridized carbons (Fsp3) is 0.312. The first-order valence-electron chi connectivity index (χ1n) is 7.10. The van der Waals surface area contributed by atoms with Gasteiger partial charge in [-0.1, -0.05) is 29.5 Å². The fourth-order valence-electron chi connectivity index (χ4n) is 2.74. The third-order valence-corrected chi connectivity index (χ3v) is 4.89. The molecule has 3 heterocycles. The lowest BCUT2D eigenvalue weighted by Crippen LogP contribution is -2.15. The molecule has 0 spiro atoms. The SMILES string of the molecule is O=c1[nH]c2ccccc2c2sc(OCC3CCCO3)cc12. The lowest BCUT2D eigenvalue weighted by molar-refractivity contribution is 0.0693. The van der Waals surface area contributed by atoms with Crippen LogP contribution in [0.1, 0.15) is 12.8 Å². The Hall–Kier alpha value is -1.85. The van der Waals surface area contributed by atoms with Gasteiger partial charge in [0.05, 0.1) is 16.2 Å². The number of aromatic amines is 1. The number of para-hydroxylation sites is 1. The molecule has 2 aromatic heterocycles. The molecule has 1 aromatic carbocycles. The predicted molar refractivity (Wildman–Crippen MR) is 84.4 cm³/mol. The molecular formula is C16H15NO3S. The van der Waals surface area contributed by atoms with E-state index in [1.165, 1.54) is 11.3 Å². The van der Waals surface area contributed by atoms with E-state index in [4.69, 9.17) is 9.47 Å². The van der Waals surface area contributed by atoms with Crippen molar-refractivity contribution in [3.8, 4) is 5.06 Å². The Bertz CT molecular complexity index is 845. The Labute approximate surface area is 125 Å². The molecule has 0 saturated carbocycles. The molecule has 21 heavy (non-hydrogen) atoms. The van der Waals surface area contributed by atoms with Crippen LogP contribution in [-0.4, -0.2) is 24.3 Å². The van der Waals surface area contributed by atoms with Crippen molar-refractivity contribution in [2.75, 3.05) is 13.2 Å². The molecule has 0 bridgehead atoms. The van der Waals surface area contributed by atoms with Crippen molar-refractivity contribution in [2.24, 2.45) is 0 Å². The molecule has 4 rings (SSSR count). The van der Waals surface area contributed by atoms with Crippen LogP contribution in [0.4, 0.5) is 0 Å². The molecule has 1 atom stereocenters. The van der Waals surface area contributed by atoms with Gasteiger partial charge in [-0.3, -0.25) is 4.79 Å². The Morgan fingerprint density at radius 1 is 1.33 bits per heavy atom. The Kier molecular flexibility index (Phi) is 3.16. The van der Waals surface area contributed by atoms with Crippen LogP contribution < -0.4 is 10.3 Å². The summed E-state index contributed by atoms with van der Waals surface area (Å²) in [5, 5.41) is 2.53. The van der Waals surface area contributed by atoms with Gasteiger partial charge in [-0.25, -0.2) is 0 Å². The monoisotopic (exact) mass is 301 g/mol. The molecule has 1 unspecified atom stereocenters. The van der Waals surface area contributed by atoms with E-state index in [0.29, 0.717) is 12.0 Å². The quantitative estimate of drug-likeness (QED) is 0.807. The van der Waals surface area contributed by atoms with Crippen molar-refractivity contribution >= 4 is 32.3 Å². The summed E-state index contributed by atoms with van der Waals surface area (Å²) in [6, 6.07) is 9.68. The number of nitrogens with one attached hydrogen (secondary N) is 1. The van der Waals surface area contributed by atoms with Gasteiger partial charge in [0.2, 0.25) is 0 Å².